The Kier molecular flexibility index (Phi) is 4.94. The van der Waals surface area contributed by atoms with Crippen molar-refractivity contribution in [3.05, 3.63) is 64.4 Å². The zero-order chi connectivity index (χ0) is 13.7. The number of aromatic nitrogens is 1. The van der Waals surface area contributed by atoms with E-state index in [0.29, 0.717) is 0 Å². The van der Waals surface area contributed by atoms with Gasteiger partial charge in [0, 0.05) is 29.9 Å². The Morgan fingerprint density at radius 1 is 1.11 bits per heavy atom. The molecule has 0 fully saturated rings. The molecule has 100 valence electrons. The van der Waals surface area contributed by atoms with Gasteiger partial charge in [-0.25, -0.2) is 0 Å². The average molecular weight is 275 g/mol. The largest absolute Gasteiger partial charge is 0.309 e. The van der Waals surface area contributed by atoms with Crippen LogP contribution in [0.1, 0.15) is 16.8 Å². The molecule has 0 spiro atoms. The first-order chi connectivity index (χ1) is 9.16. The molecule has 0 unspecified atom stereocenters. The van der Waals surface area contributed by atoms with Gasteiger partial charge in [-0.1, -0.05) is 41.9 Å². The topological polar surface area (TPSA) is 16.1 Å². The van der Waals surface area contributed by atoms with Gasteiger partial charge in [-0.15, -0.1) is 0 Å². The van der Waals surface area contributed by atoms with Crippen molar-refractivity contribution >= 4 is 11.6 Å². The monoisotopic (exact) mass is 274 g/mol. The number of hydrogen-bond acceptors (Lipinski definition) is 2. The van der Waals surface area contributed by atoms with Gasteiger partial charge in [0.25, 0.3) is 0 Å². The quantitative estimate of drug-likeness (QED) is 0.830. The van der Waals surface area contributed by atoms with E-state index in [9.17, 15) is 0 Å². The van der Waals surface area contributed by atoms with Gasteiger partial charge in [-0.05, 0) is 37.7 Å². The van der Waals surface area contributed by atoms with Crippen molar-refractivity contribution in [3.8, 4) is 0 Å². The van der Waals surface area contributed by atoms with Gasteiger partial charge in [0.1, 0.15) is 0 Å². The molecule has 1 aromatic carbocycles. The van der Waals surface area contributed by atoms with Crippen molar-refractivity contribution in [2.24, 2.45) is 0 Å². The van der Waals surface area contributed by atoms with Crippen LogP contribution in [0, 0.1) is 0 Å². The second-order valence-electron chi connectivity index (χ2n) is 4.93. The number of likely N-dealkylation sites (N-methyl/N-ethyl adjacent to an activating group) is 1. The minimum absolute atomic E-state index is 0.822. The van der Waals surface area contributed by atoms with Crippen molar-refractivity contribution in [2.45, 2.75) is 12.8 Å². The summed E-state index contributed by atoms with van der Waals surface area (Å²) in [6.07, 6.45) is 3.56. The third kappa shape index (κ3) is 4.05. The predicted molar refractivity (Wildman–Crippen MR) is 80.8 cm³/mol. The molecule has 1 heterocycles. The van der Waals surface area contributed by atoms with Crippen LogP contribution in [0.15, 0.2) is 42.6 Å². The van der Waals surface area contributed by atoms with E-state index in [-0.39, 0.29) is 0 Å². The van der Waals surface area contributed by atoms with Crippen LogP contribution in [0.2, 0.25) is 5.02 Å². The van der Waals surface area contributed by atoms with Crippen LogP contribution in [-0.2, 0) is 12.8 Å². The lowest BCUT2D eigenvalue weighted by atomic mass is 10.0. The lowest BCUT2D eigenvalue weighted by Gasteiger charge is -2.13. The first-order valence-electron chi connectivity index (χ1n) is 6.47. The van der Waals surface area contributed by atoms with Crippen LogP contribution < -0.4 is 0 Å². The summed E-state index contributed by atoms with van der Waals surface area (Å²) in [4.78, 5) is 6.67. The standard InChI is InChI=1S/C16H19ClN2/c1-19(2)11-9-14-15(17)8-10-18-16(14)12-13-6-4-3-5-7-13/h3-8,10H,9,11-12H2,1-2H3. The Labute approximate surface area is 120 Å². The second-order valence-corrected chi connectivity index (χ2v) is 5.34. The fourth-order valence-electron chi connectivity index (χ4n) is 2.05. The summed E-state index contributed by atoms with van der Waals surface area (Å²) in [5.74, 6) is 0. The fraction of sp³-hybridized carbons (Fsp3) is 0.312. The number of nitrogens with zero attached hydrogens (tertiary/aromatic N) is 2. The predicted octanol–water partition coefficient (Wildman–Crippen LogP) is 3.43. The molecule has 1 aromatic heterocycles. The molecule has 0 radical (unpaired) electrons. The molecule has 0 amide bonds. The molecule has 2 aromatic rings. The third-order valence-corrected chi connectivity index (χ3v) is 3.47. The molecule has 0 bridgehead atoms. The maximum atomic E-state index is 6.32. The minimum atomic E-state index is 0.822. The van der Waals surface area contributed by atoms with Crippen molar-refractivity contribution in [2.75, 3.05) is 20.6 Å². The summed E-state index contributed by atoms with van der Waals surface area (Å²) in [5.41, 5.74) is 3.52. The highest BCUT2D eigenvalue weighted by molar-refractivity contribution is 6.31. The van der Waals surface area contributed by atoms with Crippen LogP contribution in [0.4, 0.5) is 0 Å². The van der Waals surface area contributed by atoms with E-state index in [0.717, 1.165) is 30.1 Å². The molecule has 19 heavy (non-hydrogen) atoms. The van der Waals surface area contributed by atoms with Gasteiger partial charge in [0.2, 0.25) is 0 Å². The normalized spacial score (nSPS) is 10.9. The van der Waals surface area contributed by atoms with E-state index < -0.39 is 0 Å². The van der Waals surface area contributed by atoms with Crippen LogP contribution >= 0.6 is 11.6 Å². The van der Waals surface area contributed by atoms with Crippen LogP contribution in [0.5, 0.6) is 0 Å². The van der Waals surface area contributed by atoms with E-state index in [2.05, 4.69) is 48.2 Å². The van der Waals surface area contributed by atoms with E-state index in [1.54, 1.807) is 6.20 Å². The highest BCUT2D eigenvalue weighted by atomic mass is 35.5. The highest BCUT2D eigenvalue weighted by Crippen LogP contribution is 2.21. The Morgan fingerprint density at radius 3 is 2.53 bits per heavy atom. The first kappa shape index (κ1) is 14.0. The van der Waals surface area contributed by atoms with Gasteiger partial charge in [0.05, 0.1) is 0 Å². The van der Waals surface area contributed by atoms with E-state index in [1.165, 1.54) is 11.1 Å². The van der Waals surface area contributed by atoms with Crippen LogP contribution in [0.3, 0.4) is 0 Å². The van der Waals surface area contributed by atoms with E-state index >= 15 is 0 Å². The molecule has 0 atom stereocenters. The maximum absolute atomic E-state index is 6.32. The van der Waals surface area contributed by atoms with Crippen molar-refractivity contribution in [3.63, 3.8) is 0 Å². The van der Waals surface area contributed by atoms with Gasteiger partial charge >= 0.3 is 0 Å². The van der Waals surface area contributed by atoms with Crippen LogP contribution in [0.25, 0.3) is 0 Å². The SMILES string of the molecule is CN(C)CCc1c(Cl)ccnc1Cc1ccccc1. The Bertz CT molecular complexity index is 524. The van der Waals surface area contributed by atoms with Crippen molar-refractivity contribution in [1.29, 1.82) is 0 Å². The smallest absolute Gasteiger partial charge is 0.0494 e. The Balaban J connectivity index is 2.22. The Hall–Kier alpha value is -1.38. The summed E-state index contributed by atoms with van der Waals surface area (Å²) in [6.45, 7) is 0.979. The van der Waals surface area contributed by atoms with Crippen molar-refractivity contribution < 1.29 is 0 Å². The summed E-state index contributed by atoms with van der Waals surface area (Å²) in [7, 11) is 4.14. The molecule has 0 aliphatic rings. The van der Waals surface area contributed by atoms with Crippen molar-refractivity contribution in [1.82, 2.24) is 9.88 Å². The lowest BCUT2D eigenvalue weighted by molar-refractivity contribution is 0.413. The molecule has 0 aliphatic carbocycles. The highest BCUT2D eigenvalue weighted by Gasteiger charge is 2.09. The summed E-state index contributed by atoms with van der Waals surface area (Å²) in [5, 5.41) is 0.822. The third-order valence-electron chi connectivity index (χ3n) is 3.11. The van der Waals surface area contributed by atoms with Crippen LogP contribution in [-0.4, -0.2) is 30.5 Å². The molecule has 3 heteroatoms. The lowest BCUT2D eigenvalue weighted by Crippen LogP contribution is -2.16. The average Bonchev–Trinajstić information content (AvgIpc) is 2.39. The summed E-state index contributed by atoms with van der Waals surface area (Å²) in [6, 6.07) is 12.3. The summed E-state index contributed by atoms with van der Waals surface area (Å²) < 4.78 is 0. The van der Waals surface area contributed by atoms with E-state index in [1.807, 2.05) is 12.1 Å². The molecular formula is C16H19ClN2. The molecule has 2 nitrogen and oxygen atoms in total. The fourth-order valence-corrected chi connectivity index (χ4v) is 2.31. The number of rotatable bonds is 5. The Morgan fingerprint density at radius 2 is 1.84 bits per heavy atom. The zero-order valence-electron chi connectivity index (χ0n) is 11.4. The molecule has 0 saturated carbocycles. The van der Waals surface area contributed by atoms with Gasteiger partial charge < -0.3 is 4.90 Å². The van der Waals surface area contributed by atoms with Gasteiger partial charge in [-0.3, -0.25) is 4.98 Å². The number of pyridine rings is 1. The molecule has 0 aliphatic heterocycles. The number of halogens is 1. The van der Waals surface area contributed by atoms with Gasteiger partial charge in [-0.2, -0.15) is 0 Å². The molecule has 2 rings (SSSR count). The molecule has 0 N–H and O–H groups in total. The first-order valence-corrected chi connectivity index (χ1v) is 6.85. The molecule has 0 saturated heterocycles. The van der Waals surface area contributed by atoms with Gasteiger partial charge in [0.15, 0.2) is 0 Å². The minimum Gasteiger partial charge on any atom is -0.309 e. The second kappa shape index (κ2) is 6.69. The maximum Gasteiger partial charge on any atom is 0.0494 e. The number of hydrogen-bond donors (Lipinski definition) is 0. The zero-order valence-corrected chi connectivity index (χ0v) is 12.2. The summed E-state index contributed by atoms with van der Waals surface area (Å²) >= 11 is 6.32. The number of benzene rings is 1. The molecular weight excluding hydrogens is 256 g/mol. The van der Waals surface area contributed by atoms with E-state index in [4.69, 9.17) is 11.6 Å².